The molecule has 1 amide bonds. The number of carbonyl (C=O) groups is 1. The highest BCUT2D eigenvalue weighted by Gasteiger charge is 2.14. The molecule has 156 valence electrons. The molecule has 0 bridgehead atoms. The molecule has 0 saturated carbocycles. The SMILES string of the molecule is O=C(NCCN1CCCCC1)c1ccc(OCCCC2CCCNC2)c(F)c1. The van der Waals surface area contributed by atoms with E-state index in [4.69, 9.17) is 4.74 Å². The summed E-state index contributed by atoms with van der Waals surface area (Å²) in [6, 6.07) is 4.48. The van der Waals surface area contributed by atoms with E-state index in [1.807, 2.05) is 0 Å². The molecule has 2 N–H and O–H groups in total. The van der Waals surface area contributed by atoms with Crippen LogP contribution in [-0.4, -0.2) is 56.7 Å². The molecule has 0 aliphatic carbocycles. The van der Waals surface area contributed by atoms with Crippen LogP contribution in [0.3, 0.4) is 0 Å². The summed E-state index contributed by atoms with van der Waals surface area (Å²) in [7, 11) is 0. The zero-order valence-electron chi connectivity index (χ0n) is 16.9. The van der Waals surface area contributed by atoms with Crippen LogP contribution in [-0.2, 0) is 0 Å². The van der Waals surface area contributed by atoms with Gasteiger partial charge in [-0.2, -0.15) is 0 Å². The Morgan fingerprint density at radius 3 is 2.86 bits per heavy atom. The molecule has 2 heterocycles. The quantitative estimate of drug-likeness (QED) is 0.635. The summed E-state index contributed by atoms with van der Waals surface area (Å²) in [5.74, 6) is 0.236. The van der Waals surface area contributed by atoms with Crippen molar-refractivity contribution in [1.82, 2.24) is 15.5 Å². The minimum Gasteiger partial charge on any atom is -0.491 e. The molecule has 1 aromatic carbocycles. The minimum absolute atomic E-state index is 0.228. The van der Waals surface area contributed by atoms with Crippen molar-refractivity contribution in [3.8, 4) is 5.75 Å². The predicted octanol–water partition coefficient (Wildman–Crippen LogP) is 3.20. The Morgan fingerprint density at radius 2 is 2.11 bits per heavy atom. The first-order chi connectivity index (χ1) is 13.7. The van der Waals surface area contributed by atoms with E-state index in [0.717, 1.165) is 45.6 Å². The molecule has 0 radical (unpaired) electrons. The van der Waals surface area contributed by atoms with Crippen molar-refractivity contribution >= 4 is 5.91 Å². The maximum atomic E-state index is 14.3. The van der Waals surface area contributed by atoms with Gasteiger partial charge in [0.1, 0.15) is 0 Å². The molecule has 1 unspecified atom stereocenters. The van der Waals surface area contributed by atoms with E-state index in [2.05, 4.69) is 15.5 Å². The molecule has 6 heteroatoms. The van der Waals surface area contributed by atoms with Gasteiger partial charge in [-0.3, -0.25) is 4.79 Å². The van der Waals surface area contributed by atoms with Gasteiger partial charge in [0.25, 0.3) is 5.91 Å². The highest BCUT2D eigenvalue weighted by atomic mass is 19.1. The van der Waals surface area contributed by atoms with Crippen LogP contribution >= 0.6 is 0 Å². The molecule has 1 aromatic rings. The van der Waals surface area contributed by atoms with E-state index in [0.29, 0.717) is 24.6 Å². The van der Waals surface area contributed by atoms with Crippen LogP contribution in [0, 0.1) is 11.7 Å². The smallest absolute Gasteiger partial charge is 0.251 e. The molecule has 2 aliphatic heterocycles. The minimum atomic E-state index is -0.469. The third-order valence-corrected chi connectivity index (χ3v) is 5.77. The number of carbonyl (C=O) groups excluding carboxylic acids is 1. The van der Waals surface area contributed by atoms with Gasteiger partial charge in [-0.05, 0) is 88.8 Å². The van der Waals surface area contributed by atoms with Crippen molar-refractivity contribution in [2.75, 3.05) is 45.9 Å². The fourth-order valence-electron chi connectivity index (χ4n) is 4.10. The number of nitrogens with zero attached hydrogens (tertiary/aromatic N) is 1. The molecule has 0 spiro atoms. The van der Waals surface area contributed by atoms with E-state index in [-0.39, 0.29) is 11.7 Å². The Bertz CT molecular complexity index is 614. The van der Waals surface area contributed by atoms with Gasteiger partial charge < -0.3 is 20.3 Å². The van der Waals surface area contributed by atoms with Crippen LogP contribution in [0.25, 0.3) is 0 Å². The molecular weight excluding hydrogens is 357 g/mol. The number of piperidine rings is 2. The maximum absolute atomic E-state index is 14.3. The number of nitrogens with one attached hydrogen (secondary N) is 2. The molecule has 3 rings (SSSR count). The van der Waals surface area contributed by atoms with Crippen LogP contribution in [0.15, 0.2) is 18.2 Å². The first-order valence-electron chi connectivity index (χ1n) is 10.9. The van der Waals surface area contributed by atoms with E-state index in [9.17, 15) is 9.18 Å². The molecule has 5 nitrogen and oxygen atoms in total. The third kappa shape index (κ3) is 6.74. The number of benzene rings is 1. The maximum Gasteiger partial charge on any atom is 0.251 e. The predicted molar refractivity (Wildman–Crippen MR) is 109 cm³/mol. The van der Waals surface area contributed by atoms with E-state index in [1.165, 1.54) is 38.2 Å². The lowest BCUT2D eigenvalue weighted by Crippen LogP contribution is -2.37. The number of hydrogen-bond donors (Lipinski definition) is 2. The van der Waals surface area contributed by atoms with Crippen LogP contribution in [0.1, 0.15) is 55.3 Å². The van der Waals surface area contributed by atoms with Crippen molar-refractivity contribution in [3.05, 3.63) is 29.6 Å². The summed E-state index contributed by atoms with van der Waals surface area (Å²) < 4.78 is 19.9. The van der Waals surface area contributed by atoms with Gasteiger partial charge in [-0.15, -0.1) is 0 Å². The molecule has 0 aromatic heterocycles. The molecular formula is C22H34FN3O2. The lowest BCUT2D eigenvalue weighted by molar-refractivity contribution is 0.0946. The monoisotopic (exact) mass is 391 g/mol. The van der Waals surface area contributed by atoms with Gasteiger partial charge in [0, 0.05) is 18.7 Å². The Hall–Kier alpha value is -1.66. The van der Waals surface area contributed by atoms with Crippen LogP contribution < -0.4 is 15.4 Å². The number of amides is 1. The average Bonchev–Trinajstić information content (AvgIpc) is 2.73. The summed E-state index contributed by atoms with van der Waals surface area (Å²) in [6.45, 7) is 6.36. The van der Waals surface area contributed by atoms with Gasteiger partial charge in [-0.1, -0.05) is 6.42 Å². The first kappa shape index (κ1) is 21.1. The topological polar surface area (TPSA) is 53.6 Å². The van der Waals surface area contributed by atoms with Crippen molar-refractivity contribution in [3.63, 3.8) is 0 Å². The van der Waals surface area contributed by atoms with Crippen molar-refractivity contribution < 1.29 is 13.9 Å². The summed E-state index contributed by atoms with van der Waals surface area (Å²) in [5, 5.41) is 6.30. The number of likely N-dealkylation sites (tertiary alicyclic amines) is 1. The van der Waals surface area contributed by atoms with Gasteiger partial charge >= 0.3 is 0 Å². The van der Waals surface area contributed by atoms with Crippen molar-refractivity contribution in [2.45, 2.75) is 44.9 Å². The fourth-order valence-corrected chi connectivity index (χ4v) is 4.10. The number of hydrogen-bond acceptors (Lipinski definition) is 4. The van der Waals surface area contributed by atoms with E-state index < -0.39 is 5.82 Å². The summed E-state index contributed by atoms with van der Waals surface area (Å²) in [5.41, 5.74) is 0.344. The van der Waals surface area contributed by atoms with Gasteiger partial charge in [0.15, 0.2) is 11.6 Å². The molecule has 2 saturated heterocycles. The second-order valence-corrected chi connectivity index (χ2v) is 8.01. The van der Waals surface area contributed by atoms with Gasteiger partial charge in [0.05, 0.1) is 6.61 Å². The number of halogens is 1. The van der Waals surface area contributed by atoms with Crippen molar-refractivity contribution in [1.29, 1.82) is 0 Å². The summed E-state index contributed by atoms with van der Waals surface area (Å²) in [6.07, 6.45) is 8.30. The van der Waals surface area contributed by atoms with E-state index >= 15 is 0 Å². The number of ether oxygens (including phenoxy) is 1. The lowest BCUT2D eigenvalue weighted by atomic mass is 9.95. The highest BCUT2D eigenvalue weighted by molar-refractivity contribution is 5.94. The first-order valence-corrected chi connectivity index (χ1v) is 10.9. The van der Waals surface area contributed by atoms with E-state index in [1.54, 1.807) is 12.1 Å². The number of rotatable bonds is 9. The van der Waals surface area contributed by atoms with Gasteiger partial charge in [-0.25, -0.2) is 4.39 Å². The zero-order valence-corrected chi connectivity index (χ0v) is 16.9. The van der Waals surface area contributed by atoms with Crippen LogP contribution in [0.5, 0.6) is 5.75 Å². The largest absolute Gasteiger partial charge is 0.491 e. The van der Waals surface area contributed by atoms with Gasteiger partial charge in [0.2, 0.25) is 0 Å². The molecule has 1 atom stereocenters. The van der Waals surface area contributed by atoms with Crippen LogP contribution in [0.4, 0.5) is 4.39 Å². The molecule has 2 aliphatic rings. The normalized spacial score (nSPS) is 20.7. The van der Waals surface area contributed by atoms with Crippen molar-refractivity contribution in [2.24, 2.45) is 5.92 Å². The second-order valence-electron chi connectivity index (χ2n) is 8.01. The highest BCUT2D eigenvalue weighted by Crippen LogP contribution is 2.20. The molecule has 28 heavy (non-hydrogen) atoms. The third-order valence-electron chi connectivity index (χ3n) is 5.77. The Labute approximate surface area is 168 Å². The Kier molecular flexibility index (Phi) is 8.55. The fraction of sp³-hybridized carbons (Fsp3) is 0.682. The Balaban J connectivity index is 1.36. The zero-order chi connectivity index (χ0) is 19.6. The summed E-state index contributed by atoms with van der Waals surface area (Å²) in [4.78, 5) is 14.6. The average molecular weight is 392 g/mol. The standard InChI is InChI=1S/C22H34FN3O2/c23-20-16-19(22(27)25-11-14-26-12-2-1-3-13-26)8-9-21(20)28-15-5-7-18-6-4-10-24-17-18/h8-9,16,18,24H,1-7,10-15,17H2,(H,25,27). The molecule has 2 fully saturated rings. The van der Waals surface area contributed by atoms with Crippen LogP contribution in [0.2, 0.25) is 0 Å². The Morgan fingerprint density at radius 1 is 1.25 bits per heavy atom. The lowest BCUT2D eigenvalue weighted by Gasteiger charge is -2.26. The summed E-state index contributed by atoms with van der Waals surface area (Å²) >= 11 is 0. The second kappa shape index (κ2) is 11.4.